The van der Waals surface area contributed by atoms with Gasteiger partial charge in [0.05, 0.1) is 24.7 Å². The van der Waals surface area contributed by atoms with Gasteiger partial charge in [0.25, 0.3) is 5.91 Å². The summed E-state index contributed by atoms with van der Waals surface area (Å²) in [7, 11) is 0. The minimum absolute atomic E-state index is 0.132. The smallest absolute Gasteiger partial charge is 0.308 e. The maximum atomic E-state index is 13.0. The van der Waals surface area contributed by atoms with E-state index in [2.05, 4.69) is 10.4 Å². The van der Waals surface area contributed by atoms with Gasteiger partial charge in [0.15, 0.2) is 6.10 Å². The van der Waals surface area contributed by atoms with Crippen molar-refractivity contribution in [1.29, 1.82) is 0 Å². The van der Waals surface area contributed by atoms with E-state index in [9.17, 15) is 14.0 Å². The van der Waals surface area contributed by atoms with Gasteiger partial charge in [-0.25, -0.2) is 4.39 Å². The average Bonchev–Trinajstić information content (AvgIpc) is 2.90. The lowest BCUT2D eigenvalue weighted by Crippen LogP contribution is -2.37. The number of carbonyl (C=O) groups excluding carboxylic acids is 2. The molecule has 2 aromatic rings. The van der Waals surface area contributed by atoms with Crippen molar-refractivity contribution < 1.29 is 18.7 Å². The van der Waals surface area contributed by atoms with Gasteiger partial charge in [0, 0.05) is 5.69 Å². The molecule has 0 aliphatic heterocycles. The van der Waals surface area contributed by atoms with E-state index in [0.29, 0.717) is 6.54 Å². The van der Waals surface area contributed by atoms with Crippen LogP contribution in [0, 0.1) is 19.7 Å². The third-order valence-corrected chi connectivity index (χ3v) is 4.04. The Morgan fingerprint density at radius 2 is 1.88 bits per heavy atom. The summed E-state index contributed by atoms with van der Waals surface area (Å²) < 4.78 is 19.9. The number of nitrogens with one attached hydrogen (secondary N) is 1. The van der Waals surface area contributed by atoms with E-state index in [4.69, 9.17) is 4.74 Å². The second-order valence-electron chi connectivity index (χ2n) is 6.31. The fraction of sp³-hybridized carbons (Fsp3) is 0.421. The molecule has 2 rings (SSSR count). The first kappa shape index (κ1) is 19.6. The number of aryl methyl sites for hydroxylation is 3. The van der Waals surface area contributed by atoms with Gasteiger partial charge >= 0.3 is 5.97 Å². The first-order chi connectivity index (χ1) is 12.3. The van der Waals surface area contributed by atoms with E-state index in [-0.39, 0.29) is 18.3 Å². The molecule has 2 unspecified atom stereocenters. The lowest BCUT2D eigenvalue weighted by molar-refractivity contribution is -0.155. The molecule has 0 bridgehead atoms. The van der Waals surface area contributed by atoms with Crippen LogP contribution in [0.4, 0.5) is 4.39 Å². The van der Waals surface area contributed by atoms with Gasteiger partial charge in [0.1, 0.15) is 5.82 Å². The summed E-state index contributed by atoms with van der Waals surface area (Å²) in [4.78, 5) is 24.1. The first-order valence-corrected chi connectivity index (χ1v) is 8.52. The van der Waals surface area contributed by atoms with Crippen LogP contribution in [0.25, 0.3) is 0 Å². The average molecular weight is 361 g/mol. The van der Waals surface area contributed by atoms with Crippen molar-refractivity contribution in [2.24, 2.45) is 0 Å². The van der Waals surface area contributed by atoms with Crippen LogP contribution in [0.3, 0.4) is 0 Å². The Hall–Kier alpha value is -2.70. The summed E-state index contributed by atoms with van der Waals surface area (Å²) in [5, 5.41) is 7.03. The summed E-state index contributed by atoms with van der Waals surface area (Å²) in [6.07, 6.45) is -0.779. The Bertz CT molecular complexity index is 771. The molecule has 0 saturated carbocycles. The largest absolute Gasteiger partial charge is 0.452 e. The van der Waals surface area contributed by atoms with Crippen LogP contribution in [-0.2, 0) is 20.9 Å². The number of amides is 1. The van der Waals surface area contributed by atoms with Crippen molar-refractivity contribution in [3.8, 4) is 0 Å². The van der Waals surface area contributed by atoms with E-state index >= 15 is 0 Å². The number of carbonyl (C=O) groups is 2. The highest BCUT2D eigenvalue weighted by molar-refractivity contribution is 5.83. The van der Waals surface area contributed by atoms with Gasteiger partial charge in [-0.3, -0.25) is 14.3 Å². The van der Waals surface area contributed by atoms with Crippen LogP contribution in [0.15, 0.2) is 30.3 Å². The predicted molar refractivity (Wildman–Crippen MR) is 94.8 cm³/mol. The molecule has 1 aromatic carbocycles. The van der Waals surface area contributed by atoms with Crippen molar-refractivity contribution in [1.82, 2.24) is 15.1 Å². The SMILES string of the molecule is Cc1cc(C)n(CCC(=O)OC(C)C(=O)NC(C)c2ccc(F)cc2)n1. The molecule has 1 amide bonds. The van der Waals surface area contributed by atoms with E-state index in [0.717, 1.165) is 17.0 Å². The topological polar surface area (TPSA) is 73.2 Å². The molecule has 1 aromatic heterocycles. The summed E-state index contributed by atoms with van der Waals surface area (Å²) in [5.74, 6) is -1.20. The van der Waals surface area contributed by atoms with E-state index in [1.165, 1.54) is 19.1 Å². The van der Waals surface area contributed by atoms with Gasteiger partial charge in [-0.15, -0.1) is 0 Å². The standard InChI is InChI=1S/C19H24FN3O3/c1-12-11-13(2)23(22-12)10-9-18(24)26-15(4)19(25)21-14(3)16-5-7-17(20)8-6-16/h5-8,11,14-15H,9-10H2,1-4H3,(H,21,25). The predicted octanol–water partition coefficient (Wildman–Crippen LogP) is 2.84. The van der Waals surface area contributed by atoms with Crippen LogP contribution >= 0.6 is 0 Å². The van der Waals surface area contributed by atoms with Gasteiger partial charge < -0.3 is 10.1 Å². The lowest BCUT2D eigenvalue weighted by atomic mass is 10.1. The molecule has 6 nitrogen and oxygen atoms in total. The number of aromatic nitrogens is 2. The van der Waals surface area contributed by atoms with Gasteiger partial charge in [-0.2, -0.15) is 5.10 Å². The fourth-order valence-corrected chi connectivity index (χ4v) is 2.57. The number of esters is 1. The van der Waals surface area contributed by atoms with Crippen LogP contribution in [0.1, 0.15) is 43.3 Å². The molecule has 0 spiro atoms. The molecular weight excluding hydrogens is 337 g/mol. The van der Waals surface area contributed by atoms with Gasteiger partial charge in [-0.1, -0.05) is 12.1 Å². The van der Waals surface area contributed by atoms with Crippen LogP contribution < -0.4 is 5.32 Å². The zero-order valence-electron chi connectivity index (χ0n) is 15.5. The van der Waals surface area contributed by atoms with E-state index in [1.807, 2.05) is 19.9 Å². The van der Waals surface area contributed by atoms with E-state index in [1.54, 1.807) is 23.7 Å². The van der Waals surface area contributed by atoms with Crippen molar-refractivity contribution in [2.75, 3.05) is 0 Å². The Morgan fingerprint density at radius 1 is 1.23 bits per heavy atom. The third kappa shape index (κ3) is 5.40. The highest BCUT2D eigenvalue weighted by Crippen LogP contribution is 2.13. The molecule has 7 heteroatoms. The monoisotopic (exact) mass is 361 g/mol. The minimum atomic E-state index is -0.911. The van der Waals surface area contributed by atoms with Crippen molar-refractivity contribution >= 4 is 11.9 Å². The summed E-state index contributed by atoms with van der Waals surface area (Å²) in [6, 6.07) is 7.48. The van der Waals surface area contributed by atoms with Gasteiger partial charge in [0.2, 0.25) is 0 Å². The minimum Gasteiger partial charge on any atom is -0.452 e. The highest BCUT2D eigenvalue weighted by Gasteiger charge is 2.20. The molecule has 0 aliphatic rings. The van der Waals surface area contributed by atoms with Crippen molar-refractivity contribution in [2.45, 2.75) is 52.8 Å². The highest BCUT2D eigenvalue weighted by atomic mass is 19.1. The van der Waals surface area contributed by atoms with E-state index < -0.39 is 18.0 Å². The lowest BCUT2D eigenvalue weighted by Gasteiger charge is -2.18. The molecule has 1 heterocycles. The number of hydrogen-bond donors (Lipinski definition) is 1. The number of nitrogens with zero attached hydrogens (tertiary/aromatic N) is 2. The first-order valence-electron chi connectivity index (χ1n) is 8.52. The molecule has 1 N–H and O–H groups in total. The molecule has 0 saturated heterocycles. The Labute approximate surface area is 152 Å². The van der Waals surface area contributed by atoms with Gasteiger partial charge in [-0.05, 0) is 51.5 Å². The molecule has 0 radical (unpaired) electrons. The molecule has 140 valence electrons. The number of rotatable bonds is 7. The Kier molecular flexibility index (Phi) is 6.49. The van der Waals surface area contributed by atoms with Crippen LogP contribution in [0.2, 0.25) is 0 Å². The molecule has 0 aliphatic carbocycles. The molecule has 2 atom stereocenters. The van der Waals surface area contributed by atoms with Crippen LogP contribution in [0.5, 0.6) is 0 Å². The Balaban J connectivity index is 1.81. The Morgan fingerprint density at radius 3 is 2.46 bits per heavy atom. The van der Waals surface area contributed by atoms with Crippen molar-refractivity contribution in [3.05, 3.63) is 53.1 Å². The number of ether oxygens (including phenoxy) is 1. The number of halogens is 1. The summed E-state index contributed by atoms with van der Waals surface area (Å²) in [6.45, 7) is 7.50. The fourth-order valence-electron chi connectivity index (χ4n) is 2.57. The summed E-state index contributed by atoms with van der Waals surface area (Å²) in [5.41, 5.74) is 2.62. The third-order valence-electron chi connectivity index (χ3n) is 4.04. The molecular formula is C19H24FN3O3. The van der Waals surface area contributed by atoms with Crippen LogP contribution in [-0.4, -0.2) is 27.8 Å². The van der Waals surface area contributed by atoms with Crippen molar-refractivity contribution in [3.63, 3.8) is 0 Å². The maximum Gasteiger partial charge on any atom is 0.308 e. The number of benzene rings is 1. The maximum absolute atomic E-state index is 13.0. The molecule has 26 heavy (non-hydrogen) atoms. The second-order valence-corrected chi connectivity index (χ2v) is 6.31. The zero-order chi connectivity index (χ0) is 19.3. The number of hydrogen-bond acceptors (Lipinski definition) is 4. The second kappa shape index (κ2) is 8.60. The summed E-state index contributed by atoms with van der Waals surface area (Å²) >= 11 is 0. The molecule has 0 fully saturated rings. The quantitative estimate of drug-likeness (QED) is 0.770. The normalized spacial score (nSPS) is 13.1. The zero-order valence-corrected chi connectivity index (χ0v) is 15.5.